The maximum Gasteiger partial charge on any atom is 0.290 e. The fourth-order valence-corrected chi connectivity index (χ4v) is 9.68. The van der Waals surface area contributed by atoms with E-state index in [4.69, 9.17) is 14.2 Å². The normalized spacial score (nSPS) is 31.6. The number of likely N-dealkylation sites (tertiary alicyclic amines) is 4. The molecule has 0 radical (unpaired) electrons. The van der Waals surface area contributed by atoms with Gasteiger partial charge in [-0.1, -0.05) is 60.7 Å². The van der Waals surface area contributed by atoms with Gasteiger partial charge < -0.3 is 19.1 Å². The molecule has 0 N–H and O–H groups in total. The highest BCUT2D eigenvalue weighted by atomic mass is 16.5. The molecular weight excluding hydrogens is 640 g/mol. The van der Waals surface area contributed by atoms with Crippen LogP contribution in [0.1, 0.15) is 68.9 Å². The van der Waals surface area contributed by atoms with Gasteiger partial charge in [0.25, 0.3) is 5.91 Å². The van der Waals surface area contributed by atoms with Crippen LogP contribution in [0.15, 0.2) is 60.7 Å². The summed E-state index contributed by atoms with van der Waals surface area (Å²) in [5, 5.41) is 0. The Hall–Kier alpha value is -2.66. The Morgan fingerprint density at radius 1 is 0.529 bits per heavy atom. The standard InChI is InChI=1S/C19H24N2O3.C19H28N2O.C4H8O/c22-18-10-15-16(20-8-4-5-9-20)12-24-13-17(15)21(19(18)23)11-14-6-2-1-3-7-14;1-2-7-16(8-3-1)13-21-12-6-9-17-18(14-22-15-19(17)21)20-10-4-5-11-20;1-2-4-5-3-1/h1-3,6-7,15-17H,4-5,8-13H2;1-3,7-8,17-19H,4-6,9-15H2;1-4H2/t15-,16+,17-;17-,18+,19-;/m11./s1. The van der Waals surface area contributed by atoms with Crippen LogP contribution in [0.5, 0.6) is 0 Å². The number of fused-ring (bicyclic) bond motifs is 2. The van der Waals surface area contributed by atoms with Crippen molar-refractivity contribution in [1.29, 1.82) is 0 Å². The molecule has 0 aromatic heterocycles. The Morgan fingerprint density at radius 3 is 1.63 bits per heavy atom. The number of rotatable bonds is 6. The molecule has 7 aliphatic rings. The number of carbonyl (C=O) groups excluding carboxylic acids is 2. The first-order valence-electron chi connectivity index (χ1n) is 20.0. The van der Waals surface area contributed by atoms with Crippen molar-refractivity contribution in [2.45, 2.75) is 95.0 Å². The fourth-order valence-electron chi connectivity index (χ4n) is 9.68. The van der Waals surface area contributed by atoms with Gasteiger partial charge in [-0.05, 0) is 101 Å². The Bertz CT molecular complexity index is 1360. The molecular formula is C42H60N4O5. The van der Waals surface area contributed by atoms with E-state index in [-0.39, 0.29) is 29.7 Å². The van der Waals surface area contributed by atoms with E-state index >= 15 is 0 Å². The van der Waals surface area contributed by atoms with E-state index in [0.717, 1.165) is 57.5 Å². The summed E-state index contributed by atoms with van der Waals surface area (Å²) >= 11 is 0. The molecule has 0 bridgehead atoms. The van der Waals surface area contributed by atoms with Crippen LogP contribution in [0.2, 0.25) is 0 Å². The van der Waals surface area contributed by atoms with Crippen molar-refractivity contribution in [3.63, 3.8) is 0 Å². The molecule has 2 aromatic carbocycles. The van der Waals surface area contributed by atoms with Gasteiger partial charge in [-0.25, -0.2) is 0 Å². The quantitative estimate of drug-likeness (QED) is 0.389. The second-order valence-corrected chi connectivity index (χ2v) is 15.6. The van der Waals surface area contributed by atoms with Crippen LogP contribution in [0.25, 0.3) is 0 Å². The minimum atomic E-state index is -0.342. The predicted octanol–water partition coefficient (Wildman–Crippen LogP) is 5.03. The van der Waals surface area contributed by atoms with E-state index in [0.29, 0.717) is 38.3 Å². The van der Waals surface area contributed by atoms with Gasteiger partial charge in [0.1, 0.15) is 0 Å². The summed E-state index contributed by atoms with van der Waals surface area (Å²) in [4.78, 5) is 34.5. The van der Waals surface area contributed by atoms with Gasteiger partial charge in [0.05, 0.1) is 32.5 Å². The first-order valence-corrected chi connectivity index (χ1v) is 20.0. The average molecular weight is 701 g/mol. The van der Waals surface area contributed by atoms with E-state index in [2.05, 4.69) is 45.0 Å². The predicted molar refractivity (Wildman–Crippen MR) is 198 cm³/mol. The highest BCUT2D eigenvalue weighted by Gasteiger charge is 2.48. The summed E-state index contributed by atoms with van der Waals surface area (Å²) in [6, 6.07) is 22.4. The van der Waals surface area contributed by atoms with Gasteiger partial charge in [0.15, 0.2) is 0 Å². The molecule has 7 saturated heterocycles. The first-order chi connectivity index (χ1) is 25.2. The van der Waals surface area contributed by atoms with E-state index in [9.17, 15) is 9.59 Å². The lowest BCUT2D eigenvalue weighted by Crippen LogP contribution is -2.63. The zero-order chi connectivity index (χ0) is 34.8. The van der Waals surface area contributed by atoms with E-state index in [1.807, 2.05) is 30.3 Å². The van der Waals surface area contributed by atoms with Gasteiger partial charge in [0, 0.05) is 56.8 Å². The maximum atomic E-state index is 12.5. The SMILES string of the molecule is C1CCOC1.O=C1C[C@H]2[C@@H](COC[C@@H]2N2CCCC2)N(Cc2ccccc2)C1=O.c1ccc(CN2CCC[C@H]3[C@H]2COC[C@@H]3N2CCCC2)cc1. The molecule has 51 heavy (non-hydrogen) atoms. The largest absolute Gasteiger partial charge is 0.381 e. The molecule has 9 nitrogen and oxygen atoms in total. The van der Waals surface area contributed by atoms with Crippen molar-refractivity contribution in [3.05, 3.63) is 71.8 Å². The lowest BCUT2D eigenvalue weighted by Gasteiger charge is -2.49. The number of Topliss-reactive ketones (excluding diaryl/α,β-unsaturated/α-hetero) is 1. The number of hydrogen-bond donors (Lipinski definition) is 0. The first kappa shape index (κ1) is 36.7. The van der Waals surface area contributed by atoms with Crippen LogP contribution in [0.4, 0.5) is 0 Å². The lowest BCUT2D eigenvalue weighted by molar-refractivity contribution is -0.161. The zero-order valence-corrected chi connectivity index (χ0v) is 30.6. The second-order valence-electron chi connectivity index (χ2n) is 15.6. The Balaban J connectivity index is 0.000000140. The topological polar surface area (TPSA) is 74.8 Å². The van der Waals surface area contributed by atoms with E-state index in [1.54, 1.807) is 4.90 Å². The Labute approximate surface area is 305 Å². The molecule has 1 amide bonds. The van der Waals surface area contributed by atoms with Crippen molar-refractivity contribution in [2.24, 2.45) is 11.8 Å². The second kappa shape index (κ2) is 18.4. The summed E-state index contributed by atoms with van der Waals surface area (Å²) in [6.07, 6.45) is 10.9. The van der Waals surface area contributed by atoms with Crippen molar-refractivity contribution < 1.29 is 23.8 Å². The molecule has 9 rings (SSSR count). The van der Waals surface area contributed by atoms with Gasteiger partial charge in [-0.2, -0.15) is 0 Å². The summed E-state index contributed by atoms with van der Waals surface area (Å²) in [5.74, 6) is 0.430. The van der Waals surface area contributed by atoms with Crippen LogP contribution in [0, 0.1) is 11.8 Å². The van der Waals surface area contributed by atoms with Crippen LogP contribution in [0.3, 0.4) is 0 Å². The van der Waals surface area contributed by atoms with E-state index in [1.165, 1.54) is 76.6 Å². The number of carbonyl (C=O) groups is 2. The van der Waals surface area contributed by atoms with Gasteiger partial charge >= 0.3 is 0 Å². The number of amides is 1. The summed E-state index contributed by atoms with van der Waals surface area (Å²) in [7, 11) is 0. The highest BCUT2D eigenvalue weighted by Crippen LogP contribution is 2.36. The molecule has 7 heterocycles. The lowest BCUT2D eigenvalue weighted by atomic mass is 9.80. The number of piperidine rings is 2. The third-order valence-corrected chi connectivity index (χ3v) is 12.4. The number of nitrogens with zero attached hydrogens (tertiary/aromatic N) is 4. The van der Waals surface area contributed by atoms with Gasteiger partial charge in [-0.3, -0.25) is 24.3 Å². The molecule has 6 atom stereocenters. The third kappa shape index (κ3) is 9.29. The number of hydrogen-bond acceptors (Lipinski definition) is 8. The number of ketones is 1. The molecule has 278 valence electrons. The van der Waals surface area contributed by atoms with Crippen LogP contribution >= 0.6 is 0 Å². The number of ether oxygens (including phenoxy) is 3. The zero-order valence-electron chi connectivity index (χ0n) is 30.6. The number of benzene rings is 2. The van der Waals surface area contributed by atoms with Gasteiger partial charge in [-0.15, -0.1) is 0 Å². The van der Waals surface area contributed by atoms with Crippen LogP contribution in [-0.2, 0) is 36.9 Å². The van der Waals surface area contributed by atoms with Crippen LogP contribution < -0.4 is 0 Å². The monoisotopic (exact) mass is 700 g/mol. The Kier molecular flexibility index (Phi) is 13.2. The molecule has 0 saturated carbocycles. The molecule has 7 fully saturated rings. The van der Waals surface area contributed by atoms with Crippen molar-refractivity contribution in [1.82, 2.24) is 19.6 Å². The summed E-state index contributed by atoms with van der Waals surface area (Å²) < 4.78 is 16.9. The third-order valence-electron chi connectivity index (χ3n) is 12.4. The minimum Gasteiger partial charge on any atom is -0.381 e. The van der Waals surface area contributed by atoms with E-state index < -0.39 is 0 Å². The molecule has 9 heteroatoms. The smallest absolute Gasteiger partial charge is 0.290 e. The van der Waals surface area contributed by atoms with Crippen molar-refractivity contribution >= 4 is 11.7 Å². The summed E-state index contributed by atoms with van der Waals surface area (Å²) in [6.45, 7) is 12.7. The molecule has 7 aliphatic heterocycles. The van der Waals surface area contributed by atoms with Crippen molar-refractivity contribution in [3.8, 4) is 0 Å². The van der Waals surface area contributed by atoms with Crippen molar-refractivity contribution in [2.75, 3.05) is 72.4 Å². The molecule has 0 aliphatic carbocycles. The highest BCUT2D eigenvalue weighted by molar-refractivity contribution is 6.36. The Morgan fingerprint density at radius 2 is 1.06 bits per heavy atom. The van der Waals surface area contributed by atoms with Crippen LogP contribution in [-0.4, -0.2) is 128 Å². The molecule has 0 unspecified atom stereocenters. The molecule has 0 spiro atoms. The molecule has 2 aromatic rings. The average Bonchev–Trinajstić information content (AvgIpc) is 4.01. The summed E-state index contributed by atoms with van der Waals surface area (Å²) in [5.41, 5.74) is 2.49. The minimum absolute atomic E-state index is 0.00903. The fraction of sp³-hybridized carbons (Fsp3) is 0.667. The van der Waals surface area contributed by atoms with Gasteiger partial charge in [0.2, 0.25) is 5.78 Å². The maximum absolute atomic E-state index is 12.5.